The molecule has 2 saturated carbocycles. The molecule has 0 spiro atoms. The van der Waals surface area contributed by atoms with E-state index >= 15 is 0 Å². The average molecular weight is 339 g/mol. The van der Waals surface area contributed by atoms with Gasteiger partial charge in [0.2, 0.25) is 0 Å². The maximum Gasteiger partial charge on any atom is 0.0898 e. The molecule has 1 radical (unpaired) electrons. The van der Waals surface area contributed by atoms with Gasteiger partial charge in [-0.25, -0.2) is 0 Å². The molecule has 4 aliphatic rings. The van der Waals surface area contributed by atoms with E-state index in [2.05, 4.69) is 40.5 Å². The molecular formula is C16H26O2Y-2. The largest absolute Gasteiger partial charge is 0.366 e. The van der Waals surface area contributed by atoms with Crippen LogP contribution in [-0.4, -0.2) is 22.4 Å². The average Bonchev–Trinajstić information content (AvgIpc) is 3.07. The standard InChI is InChI=1S/2C8H13O.Y/c2*1-7-5-3-4-6-8(7,2)9-7;/h2*3H,4-6H2,1-2H3;/q2*-1;. The molecule has 0 bridgehead atoms. The van der Waals surface area contributed by atoms with Gasteiger partial charge < -0.3 is 22.3 Å². The molecule has 4 atom stereocenters. The van der Waals surface area contributed by atoms with Gasteiger partial charge >= 0.3 is 0 Å². The second-order valence-electron chi connectivity index (χ2n) is 7.19. The van der Waals surface area contributed by atoms with Gasteiger partial charge in [-0.1, -0.05) is 0 Å². The normalized spacial score (nSPS) is 53.7. The first-order valence-corrected chi connectivity index (χ1v) is 7.36. The van der Waals surface area contributed by atoms with Crippen molar-refractivity contribution in [2.24, 2.45) is 0 Å². The summed E-state index contributed by atoms with van der Waals surface area (Å²) in [4.78, 5) is 0. The van der Waals surface area contributed by atoms with Crippen molar-refractivity contribution in [3.8, 4) is 0 Å². The Morgan fingerprint density at radius 3 is 1.26 bits per heavy atom. The first kappa shape index (κ1) is 16.4. The summed E-state index contributed by atoms with van der Waals surface area (Å²) in [5.74, 6) is 0. The van der Waals surface area contributed by atoms with Crippen molar-refractivity contribution in [3.63, 3.8) is 0 Å². The number of hydrogen-bond acceptors (Lipinski definition) is 2. The van der Waals surface area contributed by atoms with E-state index < -0.39 is 0 Å². The first-order chi connectivity index (χ1) is 8.33. The molecule has 4 fully saturated rings. The van der Waals surface area contributed by atoms with Crippen molar-refractivity contribution < 1.29 is 42.2 Å². The number of epoxide rings is 2. The summed E-state index contributed by atoms with van der Waals surface area (Å²) in [6.07, 6.45) is 11.9. The summed E-state index contributed by atoms with van der Waals surface area (Å²) in [7, 11) is 0. The van der Waals surface area contributed by atoms with Gasteiger partial charge in [-0.15, -0.1) is 12.8 Å². The fourth-order valence-corrected chi connectivity index (χ4v) is 3.60. The van der Waals surface area contributed by atoms with E-state index in [-0.39, 0.29) is 55.1 Å². The zero-order valence-electron chi connectivity index (χ0n) is 12.8. The SMILES string of the molecule is CC12C[CH-]CCC1(C)O2.CC12C[CH-]CCC1(C)O2.[Y]. The van der Waals surface area contributed by atoms with Crippen LogP contribution in [0.25, 0.3) is 0 Å². The third kappa shape index (κ3) is 2.72. The number of rotatable bonds is 0. The Labute approximate surface area is 143 Å². The summed E-state index contributed by atoms with van der Waals surface area (Å²) in [5.41, 5.74) is 0.958. The third-order valence-corrected chi connectivity index (χ3v) is 5.77. The smallest absolute Gasteiger partial charge is 0.0898 e. The molecule has 107 valence electrons. The van der Waals surface area contributed by atoms with E-state index in [0.717, 1.165) is 12.8 Å². The first-order valence-electron chi connectivity index (χ1n) is 7.36. The Morgan fingerprint density at radius 1 is 0.684 bits per heavy atom. The minimum Gasteiger partial charge on any atom is -0.366 e. The zero-order chi connectivity index (χ0) is 13.1. The van der Waals surface area contributed by atoms with E-state index in [4.69, 9.17) is 9.47 Å². The molecule has 0 N–H and O–H groups in total. The van der Waals surface area contributed by atoms with Crippen molar-refractivity contribution in [2.75, 3.05) is 0 Å². The minimum atomic E-state index is 0. The van der Waals surface area contributed by atoms with Crippen molar-refractivity contribution in [2.45, 2.75) is 88.6 Å². The van der Waals surface area contributed by atoms with E-state index in [1.807, 2.05) is 0 Å². The Hall–Kier alpha value is 1.02. The van der Waals surface area contributed by atoms with E-state index in [0.29, 0.717) is 0 Å². The van der Waals surface area contributed by atoms with Crippen molar-refractivity contribution in [3.05, 3.63) is 12.8 Å². The van der Waals surface area contributed by atoms with Crippen LogP contribution < -0.4 is 0 Å². The van der Waals surface area contributed by atoms with E-state index in [1.54, 1.807) is 0 Å². The van der Waals surface area contributed by atoms with Crippen molar-refractivity contribution in [1.29, 1.82) is 0 Å². The molecule has 19 heavy (non-hydrogen) atoms. The summed E-state index contributed by atoms with van der Waals surface area (Å²) >= 11 is 0. The topological polar surface area (TPSA) is 25.1 Å². The van der Waals surface area contributed by atoms with Crippen molar-refractivity contribution >= 4 is 0 Å². The van der Waals surface area contributed by atoms with Gasteiger partial charge in [0.25, 0.3) is 0 Å². The Bertz CT molecular complexity index is 279. The molecule has 0 aromatic carbocycles. The number of ether oxygens (including phenoxy) is 2. The third-order valence-electron chi connectivity index (χ3n) is 5.77. The fraction of sp³-hybridized carbons (Fsp3) is 0.875. The molecule has 2 aliphatic carbocycles. The molecule has 3 heteroatoms. The quantitative estimate of drug-likeness (QED) is 0.495. The predicted molar refractivity (Wildman–Crippen MR) is 72.1 cm³/mol. The summed E-state index contributed by atoms with van der Waals surface area (Å²) in [5, 5.41) is 0. The van der Waals surface area contributed by atoms with Crippen LogP contribution in [-0.2, 0) is 42.2 Å². The molecule has 2 saturated heterocycles. The van der Waals surface area contributed by atoms with Gasteiger partial charge in [0.1, 0.15) is 0 Å². The molecule has 4 rings (SSSR count). The molecule has 2 heterocycles. The molecule has 2 aliphatic heterocycles. The second-order valence-corrected chi connectivity index (χ2v) is 7.19. The molecule has 0 aromatic heterocycles. The van der Waals surface area contributed by atoms with Crippen LogP contribution in [0.3, 0.4) is 0 Å². The van der Waals surface area contributed by atoms with Crippen LogP contribution >= 0.6 is 0 Å². The molecule has 0 amide bonds. The monoisotopic (exact) mass is 339 g/mol. The van der Waals surface area contributed by atoms with Crippen LogP contribution in [0.1, 0.15) is 66.2 Å². The summed E-state index contributed by atoms with van der Waals surface area (Å²) in [6, 6.07) is 0. The maximum absolute atomic E-state index is 5.62. The van der Waals surface area contributed by atoms with Crippen LogP contribution in [0, 0.1) is 12.8 Å². The van der Waals surface area contributed by atoms with Crippen molar-refractivity contribution in [1.82, 2.24) is 0 Å². The van der Waals surface area contributed by atoms with Gasteiger partial charge in [0.05, 0.1) is 22.4 Å². The van der Waals surface area contributed by atoms with Crippen LogP contribution in [0.4, 0.5) is 0 Å². The zero-order valence-corrected chi connectivity index (χ0v) is 15.6. The fourth-order valence-electron chi connectivity index (χ4n) is 3.60. The second kappa shape index (κ2) is 5.04. The van der Waals surface area contributed by atoms with Gasteiger partial charge in [-0.05, 0) is 40.5 Å². The molecule has 0 aromatic rings. The summed E-state index contributed by atoms with van der Waals surface area (Å²) in [6.45, 7) is 8.87. The van der Waals surface area contributed by atoms with E-state index in [1.165, 1.54) is 25.7 Å². The van der Waals surface area contributed by atoms with Gasteiger partial charge in [0, 0.05) is 32.7 Å². The molecule has 2 nitrogen and oxygen atoms in total. The molecular weight excluding hydrogens is 313 g/mol. The van der Waals surface area contributed by atoms with E-state index in [9.17, 15) is 0 Å². The number of fused-ring (bicyclic) bond motifs is 2. The van der Waals surface area contributed by atoms with Gasteiger partial charge in [0.15, 0.2) is 0 Å². The van der Waals surface area contributed by atoms with Crippen LogP contribution in [0.15, 0.2) is 0 Å². The van der Waals surface area contributed by atoms with Gasteiger partial charge in [-0.2, -0.15) is 12.8 Å². The minimum absolute atomic E-state index is 0. The van der Waals surface area contributed by atoms with Crippen LogP contribution in [0.2, 0.25) is 0 Å². The molecule has 4 unspecified atom stereocenters. The Balaban J connectivity index is 0.000000133. The predicted octanol–water partition coefficient (Wildman–Crippen LogP) is 3.84. The number of hydrogen-bond donors (Lipinski definition) is 0. The Morgan fingerprint density at radius 2 is 1.05 bits per heavy atom. The summed E-state index contributed by atoms with van der Waals surface area (Å²) < 4.78 is 11.2. The Kier molecular flexibility index (Phi) is 4.35. The van der Waals surface area contributed by atoms with Crippen LogP contribution in [0.5, 0.6) is 0 Å². The maximum atomic E-state index is 5.62. The van der Waals surface area contributed by atoms with Gasteiger partial charge in [-0.3, -0.25) is 0 Å².